The number of carbonyl (C=O) groups excluding carboxylic acids is 2. The molecule has 8 atom stereocenters. The maximum absolute atomic E-state index is 13.6. The molecule has 2 heterocycles. The summed E-state index contributed by atoms with van der Waals surface area (Å²) >= 11 is 0. The number of halogens is 1. The van der Waals surface area contributed by atoms with Gasteiger partial charge in [-0.3, -0.25) is 19.1 Å². The number of aliphatic carboxylic acids is 1. The fourth-order valence-corrected chi connectivity index (χ4v) is 3.04. The number of hydrogen-bond donors (Lipinski definition) is 9. The number of hydrogen-bond acceptors (Lipinski definition) is 12. The van der Waals surface area contributed by atoms with E-state index in [2.05, 4.69) is 4.74 Å². The van der Waals surface area contributed by atoms with Gasteiger partial charge in [-0.2, -0.15) is 4.39 Å². The number of carboxylic acid groups (broad SMARTS) is 1. The molecular formula is C16H22FN5O12. The Morgan fingerprint density at radius 2 is 1.88 bits per heavy atom. The number of aliphatic hydroxyl groups excluding tert-OH is 4. The number of rotatable bonds is 9. The van der Waals surface area contributed by atoms with Gasteiger partial charge < -0.3 is 51.8 Å². The highest BCUT2D eigenvalue weighted by molar-refractivity contribution is 5.87. The Balaban J connectivity index is 2.20. The molecule has 0 aromatic carbocycles. The Labute approximate surface area is 187 Å². The molecule has 2 amide bonds. The molecule has 0 saturated carbocycles. The van der Waals surface area contributed by atoms with E-state index in [4.69, 9.17) is 16.2 Å². The number of carbonyl (C=O) groups is 3. The van der Waals surface area contributed by atoms with Crippen molar-refractivity contribution in [1.29, 1.82) is 0 Å². The second-order valence-corrected chi connectivity index (χ2v) is 7.15. The third-order valence-electron chi connectivity index (χ3n) is 4.83. The number of H-pyrrole nitrogens is 1. The first-order valence-electron chi connectivity index (χ1n) is 9.36. The van der Waals surface area contributed by atoms with E-state index in [0.717, 1.165) is 0 Å². The van der Waals surface area contributed by atoms with E-state index in [0.29, 0.717) is 10.8 Å². The fraction of sp³-hybridized carbons (Fsp3) is 0.562. The first-order valence-corrected chi connectivity index (χ1v) is 9.36. The Hall–Kier alpha value is -3.42. The third-order valence-corrected chi connectivity index (χ3v) is 4.83. The number of primary amides is 1. The molecule has 0 aliphatic carbocycles. The number of ether oxygens (including phenoxy) is 2. The zero-order chi connectivity index (χ0) is 25.9. The van der Waals surface area contributed by atoms with Crippen molar-refractivity contribution < 1.29 is 53.8 Å². The second-order valence-electron chi connectivity index (χ2n) is 7.15. The van der Waals surface area contributed by atoms with Gasteiger partial charge in [-0.25, -0.2) is 14.4 Å². The van der Waals surface area contributed by atoms with E-state index in [-0.39, 0.29) is 0 Å². The molecule has 18 heteroatoms. The van der Waals surface area contributed by atoms with Gasteiger partial charge in [-0.1, -0.05) is 0 Å². The number of aliphatic hydroxyl groups is 4. The average Bonchev–Trinajstić information content (AvgIpc) is 3.05. The number of nitrogens with one attached hydrogen (secondary N) is 2. The molecule has 0 spiro atoms. The molecule has 0 bridgehead atoms. The van der Waals surface area contributed by atoms with E-state index in [1.807, 2.05) is 5.32 Å². The second kappa shape index (κ2) is 10.7. The molecule has 1 fully saturated rings. The van der Waals surface area contributed by atoms with Crippen molar-refractivity contribution in [1.82, 2.24) is 14.9 Å². The highest BCUT2D eigenvalue weighted by atomic mass is 19.1. The third kappa shape index (κ3) is 5.73. The summed E-state index contributed by atoms with van der Waals surface area (Å²) in [6.45, 7) is -0.845. The Morgan fingerprint density at radius 1 is 1.26 bits per heavy atom. The number of carboxylic acids is 1. The summed E-state index contributed by atoms with van der Waals surface area (Å²) in [7, 11) is 0. The topological polar surface area (TPSA) is 290 Å². The fourth-order valence-electron chi connectivity index (χ4n) is 3.04. The molecule has 1 aliphatic heterocycles. The molecule has 34 heavy (non-hydrogen) atoms. The minimum absolute atomic E-state index is 0.357. The monoisotopic (exact) mass is 495 g/mol. The van der Waals surface area contributed by atoms with E-state index >= 15 is 0 Å². The Morgan fingerprint density at radius 3 is 2.44 bits per heavy atom. The molecular weight excluding hydrogens is 473 g/mol. The van der Waals surface area contributed by atoms with Gasteiger partial charge in [0.15, 0.2) is 12.3 Å². The van der Waals surface area contributed by atoms with Crippen LogP contribution in [0, 0.1) is 5.82 Å². The van der Waals surface area contributed by atoms with Crippen molar-refractivity contribution in [2.75, 3.05) is 6.61 Å². The van der Waals surface area contributed by atoms with E-state index in [1.165, 1.54) is 0 Å². The Bertz CT molecular complexity index is 1050. The zero-order valence-electron chi connectivity index (χ0n) is 17.0. The molecule has 1 saturated heterocycles. The summed E-state index contributed by atoms with van der Waals surface area (Å²) in [5, 5.41) is 51.4. The lowest BCUT2D eigenvalue weighted by atomic mass is 10.0. The van der Waals surface area contributed by atoms with E-state index in [1.54, 1.807) is 4.98 Å². The smallest absolute Gasteiger partial charge is 0.404 e. The molecule has 1 aromatic heterocycles. The summed E-state index contributed by atoms with van der Waals surface area (Å²) in [4.78, 5) is 59.3. The van der Waals surface area contributed by atoms with Crippen LogP contribution in [-0.2, 0) is 19.1 Å². The highest BCUT2D eigenvalue weighted by Gasteiger charge is 2.50. The van der Waals surface area contributed by atoms with Crippen molar-refractivity contribution in [2.24, 2.45) is 11.5 Å². The summed E-state index contributed by atoms with van der Waals surface area (Å²) < 4.78 is 23.4. The summed E-state index contributed by atoms with van der Waals surface area (Å²) in [5.41, 5.74) is 7.56. The number of nitrogens with two attached hydrogens (primary N) is 2. The van der Waals surface area contributed by atoms with Crippen LogP contribution in [0.1, 0.15) is 6.23 Å². The quantitative estimate of drug-likeness (QED) is 0.154. The van der Waals surface area contributed by atoms with Crippen molar-refractivity contribution in [2.45, 2.75) is 48.8 Å². The number of aromatic nitrogens is 2. The first-order chi connectivity index (χ1) is 15.8. The lowest BCUT2D eigenvalue weighted by Gasteiger charge is -2.27. The number of aromatic amines is 1. The van der Waals surface area contributed by atoms with Gasteiger partial charge in [-0.05, 0) is 0 Å². The van der Waals surface area contributed by atoms with Crippen molar-refractivity contribution in [3.05, 3.63) is 32.9 Å². The summed E-state index contributed by atoms with van der Waals surface area (Å²) in [6.07, 6.45) is -12.8. The minimum Gasteiger partial charge on any atom is -0.480 e. The molecule has 1 aliphatic rings. The van der Waals surface area contributed by atoms with Gasteiger partial charge in [0.05, 0.1) is 6.20 Å². The van der Waals surface area contributed by atoms with Crippen molar-refractivity contribution in [3.63, 3.8) is 0 Å². The van der Waals surface area contributed by atoms with E-state index < -0.39 is 90.5 Å². The largest absolute Gasteiger partial charge is 0.480 e. The maximum atomic E-state index is 13.6. The Kier molecular flexibility index (Phi) is 8.42. The highest BCUT2D eigenvalue weighted by Crippen LogP contribution is 2.30. The van der Waals surface area contributed by atoms with Crippen LogP contribution in [0.5, 0.6) is 0 Å². The van der Waals surface area contributed by atoms with Gasteiger partial charge in [0.1, 0.15) is 43.2 Å². The van der Waals surface area contributed by atoms with Gasteiger partial charge in [-0.15, -0.1) is 0 Å². The zero-order valence-corrected chi connectivity index (χ0v) is 17.0. The molecule has 8 unspecified atom stereocenters. The summed E-state index contributed by atoms with van der Waals surface area (Å²) in [6, 6.07) is -4.12. The van der Waals surface area contributed by atoms with Crippen LogP contribution in [0.3, 0.4) is 0 Å². The molecule has 11 N–H and O–H groups in total. The van der Waals surface area contributed by atoms with Gasteiger partial charge in [0.2, 0.25) is 11.7 Å². The molecule has 190 valence electrons. The van der Waals surface area contributed by atoms with Crippen LogP contribution in [0.4, 0.5) is 9.18 Å². The lowest BCUT2D eigenvalue weighted by molar-refractivity contribution is -0.150. The molecule has 1 aromatic rings. The maximum Gasteiger partial charge on any atom is 0.404 e. The predicted molar refractivity (Wildman–Crippen MR) is 102 cm³/mol. The molecule has 0 radical (unpaired) electrons. The van der Waals surface area contributed by atoms with Crippen LogP contribution in [0.2, 0.25) is 0 Å². The lowest BCUT2D eigenvalue weighted by Crippen LogP contribution is -2.60. The van der Waals surface area contributed by atoms with E-state index in [9.17, 15) is 53.9 Å². The molecule has 2 rings (SSSR count). The van der Waals surface area contributed by atoms with Crippen molar-refractivity contribution >= 4 is 18.0 Å². The van der Waals surface area contributed by atoms with Crippen LogP contribution >= 0.6 is 0 Å². The standard InChI is InChI=1S/C16H22FN5O12/c17-3-1-22(16(32)21-11(3)27)13-9(26)8(25)10(34-13)6(14(29)30)20-12(28)5(18)7(24)4(23)2-33-15(19)31/h1,4-10,13,23-26H,2,18H2,(H2,19,31)(H,20,28)(H,29,30)(H,21,27,32). The van der Waals surface area contributed by atoms with Gasteiger partial charge >= 0.3 is 17.8 Å². The summed E-state index contributed by atoms with van der Waals surface area (Å²) in [5.74, 6) is -4.64. The number of amides is 2. The van der Waals surface area contributed by atoms with Gasteiger partial charge in [0.25, 0.3) is 5.56 Å². The van der Waals surface area contributed by atoms with Crippen LogP contribution in [0.15, 0.2) is 15.8 Å². The average molecular weight is 495 g/mol. The number of nitrogens with zero attached hydrogens (tertiary/aromatic N) is 1. The first kappa shape index (κ1) is 26.8. The van der Waals surface area contributed by atoms with Crippen LogP contribution in [0.25, 0.3) is 0 Å². The molecule has 17 nitrogen and oxygen atoms in total. The van der Waals surface area contributed by atoms with Crippen molar-refractivity contribution in [3.8, 4) is 0 Å². The normalized spacial score (nSPS) is 25.7. The van der Waals surface area contributed by atoms with Crippen LogP contribution < -0.4 is 28.0 Å². The predicted octanol–water partition coefficient (Wildman–Crippen LogP) is -5.99. The van der Waals surface area contributed by atoms with Gasteiger partial charge in [0, 0.05) is 0 Å². The minimum atomic E-state index is -2.14. The van der Waals surface area contributed by atoms with Crippen LogP contribution in [-0.4, -0.2) is 102 Å². The SMILES string of the molecule is NC(=O)OCC(O)C(O)C(N)C(=O)NC(C(=O)O)C1OC(n2cc(F)c(=O)[nH]c2=O)C(O)C1O.